The van der Waals surface area contributed by atoms with Gasteiger partial charge >= 0.3 is 6.03 Å². The number of fused-ring (bicyclic) bond motifs is 2. The Morgan fingerprint density at radius 2 is 1.73 bits per heavy atom. The third-order valence-electron chi connectivity index (χ3n) is 5.43. The average molecular weight is 463 g/mol. The minimum Gasteiger partial charge on any atom is -0.497 e. The van der Waals surface area contributed by atoms with Crippen molar-refractivity contribution in [1.82, 2.24) is 15.6 Å². The summed E-state index contributed by atoms with van der Waals surface area (Å²) in [6, 6.07) is 21.3. The van der Waals surface area contributed by atoms with Crippen LogP contribution >= 0.6 is 11.6 Å². The van der Waals surface area contributed by atoms with Crippen LogP contribution < -0.4 is 20.7 Å². The quantitative estimate of drug-likeness (QED) is 0.219. The van der Waals surface area contributed by atoms with Gasteiger partial charge < -0.3 is 20.7 Å². The largest absolute Gasteiger partial charge is 0.497 e. The minimum absolute atomic E-state index is 0.151. The van der Waals surface area contributed by atoms with Crippen molar-refractivity contribution in [1.29, 1.82) is 0 Å². The van der Waals surface area contributed by atoms with Crippen molar-refractivity contribution in [2.75, 3.05) is 25.5 Å². The molecule has 2 amide bonds. The van der Waals surface area contributed by atoms with Gasteiger partial charge in [-0.2, -0.15) is 0 Å². The molecule has 33 heavy (non-hydrogen) atoms. The molecule has 0 aliphatic carbocycles. The monoisotopic (exact) mass is 462 g/mol. The molecular formula is C26H27ClN4O2. The van der Waals surface area contributed by atoms with Crippen molar-refractivity contribution >= 4 is 45.1 Å². The van der Waals surface area contributed by atoms with Crippen LogP contribution in [0.4, 0.5) is 10.5 Å². The standard InChI is InChI=1S/C26H27ClN4O2/c1-33-20-10-12-23-22(16-20)25(21-11-9-19(27)15-24(21)31-23)28-13-5-6-14-29-26(32)30-17-18-7-3-2-4-8-18/h2-4,7-12,15-16H,5-6,13-14,17H2,1H3,(H,28,31)(H2,29,30,32). The zero-order valence-electron chi connectivity index (χ0n) is 18.5. The van der Waals surface area contributed by atoms with Crippen LogP contribution in [0.3, 0.4) is 0 Å². The van der Waals surface area contributed by atoms with Crippen LogP contribution in [0.2, 0.25) is 5.02 Å². The minimum atomic E-state index is -0.151. The zero-order valence-corrected chi connectivity index (χ0v) is 19.3. The number of hydrogen-bond acceptors (Lipinski definition) is 4. The fourth-order valence-corrected chi connectivity index (χ4v) is 3.89. The highest BCUT2D eigenvalue weighted by atomic mass is 35.5. The van der Waals surface area contributed by atoms with Gasteiger partial charge in [-0.15, -0.1) is 0 Å². The van der Waals surface area contributed by atoms with Crippen LogP contribution in [0.15, 0.2) is 66.7 Å². The molecule has 170 valence electrons. The van der Waals surface area contributed by atoms with E-state index in [0.29, 0.717) is 18.1 Å². The van der Waals surface area contributed by atoms with E-state index in [1.807, 2.05) is 66.7 Å². The van der Waals surface area contributed by atoms with E-state index >= 15 is 0 Å². The Hall–Kier alpha value is -3.51. The third kappa shape index (κ3) is 5.84. The molecule has 0 aliphatic heterocycles. The highest BCUT2D eigenvalue weighted by molar-refractivity contribution is 6.31. The number of nitrogens with zero attached hydrogens (tertiary/aromatic N) is 1. The Balaban J connectivity index is 1.33. The van der Waals surface area contributed by atoms with Crippen molar-refractivity contribution in [3.63, 3.8) is 0 Å². The van der Waals surface area contributed by atoms with Gasteiger partial charge in [-0.1, -0.05) is 41.9 Å². The van der Waals surface area contributed by atoms with Crippen molar-refractivity contribution in [3.05, 3.63) is 77.3 Å². The number of urea groups is 1. The van der Waals surface area contributed by atoms with E-state index in [9.17, 15) is 4.79 Å². The number of carbonyl (C=O) groups excluding carboxylic acids is 1. The van der Waals surface area contributed by atoms with Crippen LogP contribution in [0, 0.1) is 0 Å². The summed E-state index contributed by atoms with van der Waals surface area (Å²) >= 11 is 6.19. The normalized spacial score (nSPS) is 10.8. The number of anilines is 1. The maximum atomic E-state index is 12.0. The Bertz CT molecular complexity index is 1250. The molecule has 0 fully saturated rings. The molecule has 1 heterocycles. The summed E-state index contributed by atoms with van der Waals surface area (Å²) < 4.78 is 5.41. The Kier molecular flexibility index (Phi) is 7.47. The van der Waals surface area contributed by atoms with Gasteiger partial charge in [-0.25, -0.2) is 9.78 Å². The van der Waals surface area contributed by atoms with Gasteiger partial charge in [0.1, 0.15) is 5.75 Å². The molecule has 6 nitrogen and oxygen atoms in total. The third-order valence-corrected chi connectivity index (χ3v) is 5.66. The van der Waals surface area contributed by atoms with Crippen LogP contribution in [-0.2, 0) is 6.54 Å². The predicted octanol–water partition coefficient (Wildman–Crippen LogP) is 5.74. The first-order chi connectivity index (χ1) is 16.1. The number of pyridine rings is 1. The molecule has 0 atom stereocenters. The number of aromatic nitrogens is 1. The van der Waals surface area contributed by atoms with Crippen molar-refractivity contribution in [3.8, 4) is 5.75 Å². The highest BCUT2D eigenvalue weighted by Gasteiger charge is 2.11. The molecule has 4 aromatic rings. The molecule has 0 radical (unpaired) electrons. The number of hydrogen-bond donors (Lipinski definition) is 3. The predicted molar refractivity (Wildman–Crippen MR) is 135 cm³/mol. The van der Waals surface area contributed by atoms with E-state index in [1.165, 1.54) is 0 Å². The van der Waals surface area contributed by atoms with Gasteiger partial charge in [-0.3, -0.25) is 0 Å². The number of carbonyl (C=O) groups is 1. The fourth-order valence-electron chi connectivity index (χ4n) is 3.72. The van der Waals surface area contributed by atoms with Crippen LogP contribution in [0.5, 0.6) is 5.75 Å². The summed E-state index contributed by atoms with van der Waals surface area (Å²) in [5, 5.41) is 12.0. The Labute approximate surface area is 198 Å². The van der Waals surface area contributed by atoms with Crippen molar-refractivity contribution < 1.29 is 9.53 Å². The number of unbranched alkanes of at least 4 members (excludes halogenated alkanes) is 1. The summed E-state index contributed by atoms with van der Waals surface area (Å²) in [7, 11) is 1.66. The second kappa shape index (κ2) is 10.9. The Morgan fingerprint density at radius 3 is 2.55 bits per heavy atom. The molecule has 1 aromatic heterocycles. The number of benzene rings is 3. The summed E-state index contributed by atoms with van der Waals surface area (Å²) in [6.45, 7) is 1.90. The molecule has 0 spiro atoms. The topological polar surface area (TPSA) is 75.3 Å². The fraction of sp³-hybridized carbons (Fsp3) is 0.231. The van der Waals surface area contributed by atoms with E-state index in [1.54, 1.807) is 7.11 Å². The average Bonchev–Trinajstić information content (AvgIpc) is 2.84. The molecule has 4 rings (SSSR count). The summed E-state index contributed by atoms with van der Waals surface area (Å²) in [5.41, 5.74) is 3.81. The smallest absolute Gasteiger partial charge is 0.315 e. The lowest BCUT2D eigenvalue weighted by molar-refractivity contribution is 0.240. The molecule has 0 saturated carbocycles. The first kappa shape index (κ1) is 22.7. The Morgan fingerprint density at radius 1 is 0.909 bits per heavy atom. The number of ether oxygens (including phenoxy) is 1. The number of halogens is 1. The number of rotatable bonds is 9. The maximum absolute atomic E-state index is 12.0. The maximum Gasteiger partial charge on any atom is 0.315 e. The van der Waals surface area contributed by atoms with Gasteiger partial charge in [0.15, 0.2) is 0 Å². The second-order valence-corrected chi connectivity index (χ2v) is 8.20. The van der Waals surface area contributed by atoms with Crippen molar-refractivity contribution in [2.24, 2.45) is 0 Å². The van der Waals surface area contributed by atoms with E-state index < -0.39 is 0 Å². The van der Waals surface area contributed by atoms with Gasteiger partial charge in [0.25, 0.3) is 0 Å². The van der Waals surface area contributed by atoms with Gasteiger partial charge in [0, 0.05) is 35.4 Å². The lowest BCUT2D eigenvalue weighted by atomic mass is 10.1. The molecule has 3 aromatic carbocycles. The molecule has 0 bridgehead atoms. The van der Waals surface area contributed by atoms with E-state index in [-0.39, 0.29) is 6.03 Å². The lowest BCUT2D eigenvalue weighted by Crippen LogP contribution is -2.35. The molecule has 0 unspecified atom stereocenters. The summed E-state index contributed by atoms with van der Waals surface area (Å²) in [6.07, 6.45) is 1.77. The molecular weight excluding hydrogens is 436 g/mol. The van der Waals surface area contributed by atoms with Gasteiger partial charge in [0.2, 0.25) is 0 Å². The van der Waals surface area contributed by atoms with E-state index in [0.717, 1.165) is 58.2 Å². The lowest BCUT2D eigenvalue weighted by Gasteiger charge is -2.14. The number of nitrogens with one attached hydrogen (secondary N) is 3. The number of amides is 2. The van der Waals surface area contributed by atoms with Crippen molar-refractivity contribution in [2.45, 2.75) is 19.4 Å². The molecule has 3 N–H and O–H groups in total. The summed E-state index contributed by atoms with van der Waals surface area (Å²) in [4.78, 5) is 16.7. The van der Waals surface area contributed by atoms with Gasteiger partial charge in [0.05, 0.1) is 23.8 Å². The molecule has 0 aliphatic rings. The van der Waals surface area contributed by atoms with Crippen LogP contribution in [0.25, 0.3) is 21.8 Å². The first-order valence-corrected chi connectivity index (χ1v) is 11.4. The van der Waals surface area contributed by atoms with E-state index in [4.69, 9.17) is 21.3 Å². The number of methoxy groups -OCH3 is 1. The van der Waals surface area contributed by atoms with E-state index in [2.05, 4.69) is 16.0 Å². The van der Waals surface area contributed by atoms with Crippen LogP contribution in [-0.4, -0.2) is 31.2 Å². The first-order valence-electron chi connectivity index (χ1n) is 11.0. The molecule has 7 heteroatoms. The SMILES string of the molecule is COc1ccc2nc3cc(Cl)ccc3c(NCCCCNC(=O)NCc3ccccc3)c2c1. The summed E-state index contributed by atoms with van der Waals surface area (Å²) in [5.74, 6) is 0.784. The second-order valence-electron chi connectivity index (χ2n) is 7.76. The van der Waals surface area contributed by atoms with Crippen LogP contribution in [0.1, 0.15) is 18.4 Å². The molecule has 0 saturated heterocycles. The van der Waals surface area contributed by atoms with Gasteiger partial charge in [-0.05, 0) is 54.8 Å². The highest BCUT2D eigenvalue weighted by Crippen LogP contribution is 2.34. The zero-order chi connectivity index (χ0) is 23.0.